The molecular weight excluding hydrogens is 878 g/mol. The highest BCUT2D eigenvalue weighted by atomic mass is 31.2. The largest absolute Gasteiger partial charge is 0.756 e. The summed E-state index contributed by atoms with van der Waals surface area (Å²) in [6.07, 6.45) is 67.2. The Hall–Kier alpha value is -1.54. The third-order valence-electron chi connectivity index (χ3n) is 12.9. The monoisotopic (exact) mass is 992 g/mol. The number of ether oxygens (including phenoxy) is 2. The highest BCUT2D eigenvalue weighted by molar-refractivity contribution is 7.45. The number of rotatable bonds is 55. The highest BCUT2D eigenvalue weighted by Crippen LogP contribution is 2.38. The number of allylic oxidation sites excluding steroid dienone is 8. The van der Waals surface area contributed by atoms with E-state index in [2.05, 4.69) is 62.5 Å². The molecule has 0 aromatic carbocycles. The minimum atomic E-state index is -4.54. The van der Waals surface area contributed by atoms with Gasteiger partial charge in [-0.1, -0.05) is 236 Å². The summed E-state index contributed by atoms with van der Waals surface area (Å²) in [4.78, 5) is 25.3. The van der Waals surface area contributed by atoms with Gasteiger partial charge in [-0.3, -0.25) is 9.36 Å². The Morgan fingerprint density at radius 3 is 1.17 bits per heavy atom. The third kappa shape index (κ3) is 57.2. The maximum atomic E-state index is 12.8. The van der Waals surface area contributed by atoms with Crippen LogP contribution in [0.1, 0.15) is 271 Å². The van der Waals surface area contributed by atoms with E-state index in [0.29, 0.717) is 24.1 Å². The van der Waals surface area contributed by atoms with E-state index in [4.69, 9.17) is 18.5 Å². The Kier molecular flexibility index (Phi) is 51.6. The van der Waals surface area contributed by atoms with E-state index in [-0.39, 0.29) is 25.8 Å². The Balaban J connectivity index is 4.05. The van der Waals surface area contributed by atoms with Gasteiger partial charge in [-0.05, 0) is 77.0 Å². The van der Waals surface area contributed by atoms with Crippen LogP contribution < -0.4 is 4.89 Å². The van der Waals surface area contributed by atoms with Crippen LogP contribution in [0.3, 0.4) is 0 Å². The number of hydrogen-bond acceptors (Lipinski definition) is 7. The van der Waals surface area contributed by atoms with Crippen molar-refractivity contribution in [2.75, 3.05) is 54.1 Å². The van der Waals surface area contributed by atoms with Gasteiger partial charge in [0.1, 0.15) is 19.3 Å². The second kappa shape index (κ2) is 52.8. The maximum absolute atomic E-state index is 12.8. The Bertz CT molecular complexity index is 1240. The standard InChI is InChI=1S/C60H114NO7P/c1-6-8-10-12-14-16-18-20-22-24-26-28-29-30-31-32-34-36-38-40-42-44-46-48-50-52-55-65-57-59(58-67-69(63,64)66-56-54-61(3,4)5)68-60(62)53-51-49-47-45-43-41-39-37-35-33-27-25-23-21-19-17-15-13-11-9-7-2/h18-21,24-27,59H,6-17,22-23,28-58H2,1-5H3/b20-18-,21-19-,26-24-,27-25-. The van der Waals surface area contributed by atoms with E-state index in [1.807, 2.05) is 21.1 Å². The predicted molar refractivity (Wildman–Crippen MR) is 296 cm³/mol. The molecule has 0 spiro atoms. The van der Waals surface area contributed by atoms with E-state index >= 15 is 0 Å². The molecule has 0 aromatic rings. The second-order valence-corrected chi connectivity index (χ2v) is 22.4. The molecule has 0 rings (SSSR count). The lowest BCUT2D eigenvalue weighted by molar-refractivity contribution is -0.870. The van der Waals surface area contributed by atoms with Crippen LogP contribution in [-0.2, 0) is 27.9 Å². The zero-order valence-electron chi connectivity index (χ0n) is 46.3. The first kappa shape index (κ1) is 67.5. The third-order valence-corrected chi connectivity index (χ3v) is 13.8. The summed E-state index contributed by atoms with van der Waals surface area (Å²) < 4.78 is 34.9. The van der Waals surface area contributed by atoms with Crippen LogP contribution in [0.25, 0.3) is 0 Å². The second-order valence-electron chi connectivity index (χ2n) is 21.0. The number of quaternary nitrogens is 1. The average Bonchev–Trinajstić information content (AvgIpc) is 3.31. The number of carbonyl (C=O) groups excluding carboxylic acids is 1. The SMILES string of the molecule is CCCCCCC/C=C\C/C=C\CCCCCCCCCCCCCCCCOCC(COP(=O)([O-])OCC[N+](C)(C)C)OC(=O)CCCCCCCCCCC/C=C\C/C=C\CCCCCCC. The molecule has 0 bridgehead atoms. The minimum absolute atomic E-state index is 0.0251. The van der Waals surface area contributed by atoms with Crippen molar-refractivity contribution in [3.8, 4) is 0 Å². The maximum Gasteiger partial charge on any atom is 0.306 e. The van der Waals surface area contributed by atoms with Crippen molar-refractivity contribution in [1.82, 2.24) is 0 Å². The summed E-state index contributed by atoms with van der Waals surface area (Å²) >= 11 is 0. The predicted octanol–water partition coefficient (Wildman–Crippen LogP) is 18.0. The number of hydrogen-bond donors (Lipinski definition) is 0. The molecule has 0 saturated heterocycles. The van der Waals surface area contributed by atoms with E-state index < -0.39 is 13.9 Å². The smallest absolute Gasteiger partial charge is 0.306 e. The molecule has 8 nitrogen and oxygen atoms in total. The van der Waals surface area contributed by atoms with Crippen molar-refractivity contribution in [3.05, 3.63) is 48.6 Å². The molecule has 0 aliphatic rings. The van der Waals surface area contributed by atoms with E-state index in [0.717, 1.165) is 44.9 Å². The quantitative estimate of drug-likeness (QED) is 0.0197. The van der Waals surface area contributed by atoms with Gasteiger partial charge in [-0.2, -0.15) is 0 Å². The van der Waals surface area contributed by atoms with Crippen molar-refractivity contribution in [3.63, 3.8) is 0 Å². The lowest BCUT2D eigenvalue weighted by Gasteiger charge is -2.28. The Morgan fingerprint density at radius 2 is 0.797 bits per heavy atom. The van der Waals surface area contributed by atoms with Gasteiger partial charge in [0.15, 0.2) is 0 Å². The first-order valence-electron chi connectivity index (χ1n) is 29.4. The van der Waals surface area contributed by atoms with Gasteiger partial charge >= 0.3 is 5.97 Å². The number of phosphoric ester groups is 1. The highest BCUT2D eigenvalue weighted by Gasteiger charge is 2.20. The normalized spacial score (nSPS) is 13.8. The number of carbonyl (C=O) groups is 1. The van der Waals surface area contributed by atoms with Crippen LogP contribution >= 0.6 is 7.82 Å². The van der Waals surface area contributed by atoms with E-state index in [1.54, 1.807) is 0 Å². The zero-order valence-corrected chi connectivity index (χ0v) is 47.2. The molecule has 0 N–H and O–H groups in total. The molecule has 0 amide bonds. The molecule has 0 aromatic heterocycles. The molecule has 0 saturated carbocycles. The van der Waals surface area contributed by atoms with Crippen molar-refractivity contribution in [2.45, 2.75) is 277 Å². The fourth-order valence-electron chi connectivity index (χ4n) is 8.32. The summed E-state index contributed by atoms with van der Waals surface area (Å²) in [5.41, 5.74) is 0. The fraction of sp³-hybridized carbons (Fsp3) is 0.850. The van der Waals surface area contributed by atoms with Crippen LogP contribution in [0.2, 0.25) is 0 Å². The Labute approximate surface area is 428 Å². The molecule has 0 aliphatic heterocycles. The van der Waals surface area contributed by atoms with Gasteiger partial charge in [0, 0.05) is 13.0 Å². The van der Waals surface area contributed by atoms with Crippen LogP contribution in [0.5, 0.6) is 0 Å². The molecule has 69 heavy (non-hydrogen) atoms. The summed E-state index contributed by atoms with van der Waals surface area (Å²) in [7, 11) is 1.36. The number of phosphoric acid groups is 1. The topological polar surface area (TPSA) is 94.1 Å². The van der Waals surface area contributed by atoms with Crippen LogP contribution in [0, 0.1) is 0 Å². The zero-order chi connectivity index (χ0) is 50.5. The number of esters is 1. The van der Waals surface area contributed by atoms with Crippen molar-refractivity contribution >= 4 is 13.8 Å². The molecular formula is C60H114NO7P. The summed E-state index contributed by atoms with van der Waals surface area (Å²) in [6.45, 7) is 5.43. The van der Waals surface area contributed by atoms with Crippen LogP contribution in [-0.4, -0.2) is 70.7 Å². The van der Waals surface area contributed by atoms with Crippen LogP contribution in [0.4, 0.5) is 0 Å². The van der Waals surface area contributed by atoms with E-state index in [1.165, 1.54) is 205 Å². The van der Waals surface area contributed by atoms with Gasteiger partial charge in [0.25, 0.3) is 7.82 Å². The first-order chi connectivity index (χ1) is 33.6. The molecule has 0 fully saturated rings. The minimum Gasteiger partial charge on any atom is -0.756 e. The van der Waals surface area contributed by atoms with E-state index in [9.17, 15) is 14.3 Å². The molecule has 2 atom stereocenters. The molecule has 0 radical (unpaired) electrons. The van der Waals surface area contributed by atoms with Gasteiger partial charge < -0.3 is 27.9 Å². The van der Waals surface area contributed by atoms with Crippen molar-refractivity contribution in [2.24, 2.45) is 0 Å². The first-order valence-corrected chi connectivity index (χ1v) is 30.8. The molecule has 2 unspecified atom stereocenters. The fourth-order valence-corrected chi connectivity index (χ4v) is 9.04. The molecule has 0 aliphatic carbocycles. The summed E-state index contributed by atoms with van der Waals surface area (Å²) in [6, 6.07) is 0. The number of nitrogens with zero attached hydrogens (tertiary/aromatic N) is 1. The molecule has 9 heteroatoms. The molecule has 0 heterocycles. The summed E-state index contributed by atoms with van der Waals surface area (Å²) in [5.74, 6) is -0.335. The number of likely N-dealkylation sites (N-methyl/N-ethyl adjacent to an activating group) is 1. The lowest BCUT2D eigenvalue weighted by Crippen LogP contribution is -2.37. The summed E-state index contributed by atoms with van der Waals surface area (Å²) in [5, 5.41) is 0. The Morgan fingerprint density at radius 1 is 0.449 bits per heavy atom. The lowest BCUT2D eigenvalue weighted by atomic mass is 10.0. The van der Waals surface area contributed by atoms with Crippen LogP contribution in [0.15, 0.2) is 48.6 Å². The van der Waals surface area contributed by atoms with Gasteiger partial charge in [0.2, 0.25) is 0 Å². The van der Waals surface area contributed by atoms with Crippen molar-refractivity contribution < 1.29 is 37.3 Å². The van der Waals surface area contributed by atoms with Gasteiger partial charge in [-0.25, -0.2) is 0 Å². The average molecular weight is 993 g/mol. The van der Waals surface area contributed by atoms with Crippen molar-refractivity contribution in [1.29, 1.82) is 0 Å². The van der Waals surface area contributed by atoms with Gasteiger partial charge in [-0.15, -0.1) is 0 Å². The molecule has 406 valence electrons. The van der Waals surface area contributed by atoms with Gasteiger partial charge in [0.05, 0.1) is 34.4 Å². The number of unbranched alkanes of at least 4 members (excludes halogenated alkanes) is 33.